The molecular formula is C14H18N2O6S. The largest absolute Gasteiger partial charge is 0.465 e. The molecule has 1 atom stereocenters. The van der Waals surface area contributed by atoms with Gasteiger partial charge in [0.1, 0.15) is 0 Å². The van der Waals surface area contributed by atoms with Gasteiger partial charge >= 0.3 is 11.9 Å². The highest BCUT2D eigenvalue weighted by Gasteiger charge is 2.34. The Bertz CT molecular complexity index is 731. The summed E-state index contributed by atoms with van der Waals surface area (Å²) in [6, 6.07) is 3.42. The van der Waals surface area contributed by atoms with Crippen LogP contribution in [-0.2, 0) is 19.5 Å². The molecule has 1 fully saturated rings. The van der Waals surface area contributed by atoms with Crippen molar-refractivity contribution in [3.63, 3.8) is 0 Å². The summed E-state index contributed by atoms with van der Waals surface area (Å²) in [6.45, 7) is 0.415. The predicted octanol–water partition coefficient (Wildman–Crippen LogP) is -0.0185. The number of methoxy groups -OCH3 is 2. The lowest BCUT2D eigenvalue weighted by Gasteiger charge is -2.18. The van der Waals surface area contributed by atoms with Gasteiger partial charge in [-0.15, -0.1) is 0 Å². The predicted molar refractivity (Wildman–Crippen MR) is 80.5 cm³/mol. The van der Waals surface area contributed by atoms with Crippen LogP contribution in [0.25, 0.3) is 0 Å². The fourth-order valence-corrected chi connectivity index (χ4v) is 4.09. The Morgan fingerprint density at radius 1 is 1.22 bits per heavy atom. The van der Waals surface area contributed by atoms with Crippen molar-refractivity contribution in [2.45, 2.75) is 17.4 Å². The Hall–Kier alpha value is -1.97. The molecule has 9 heteroatoms. The maximum atomic E-state index is 12.8. The lowest BCUT2D eigenvalue weighted by atomic mass is 10.1. The highest BCUT2D eigenvalue weighted by Crippen LogP contribution is 2.25. The van der Waals surface area contributed by atoms with Crippen LogP contribution in [0.3, 0.4) is 0 Å². The van der Waals surface area contributed by atoms with Crippen LogP contribution in [0.5, 0.6) is 0 Å². The fourth-order valence-electron chi connectivity index (χ4n) is 2.37. The minimum atomic E-state index is -3.98. The maximum Gasteiger partial charge on any atom is 0.339 e. The topological polar surface area (TPSA) is 116 Å². The van der Waals surface area contributed by atoms with Crippen LogP contribution in [0.4, 0.5) is 0 Å². The molecule has 0 bridgehead atoms. The first-order valence-corrected chi connectivity index (χ1v) is 8.31. The van der Waals surface area contributed by atoms with Crippen LogP contribution in [0.1, 0.15) is 27.1 Å². The molecule has 2 N–H and O–H groups in total. The van der Waals surface area contributed by atoms with Gasteiger partial charge in [-0.05, 0) is 24.6 Å². The molecule has 2 rings (SSSR count). The molecule has 0 saturated carbocycles. The first kappa shape index (κ1) is 17.4. The second kappa shape index (κ2) is 6.65. The minimum Gasteiger partial charge on any atom is -0.465 e. The third-order valence-electron chi connectivity index (χ3n) is 3.61. The molecule has 8 nitrogen and oxygen atoms in total. The van der Waals surface area contributed by atoms with Crippen molar-refractivity contribution in [1.29, 1.82) is 0 Å². The SMILES string of the molecule is COC(=O)c1ccc(C(=O)OC)c(S(=O)(=O)N2CC[C@@H](N)C2)c1. The first-order chi connectivity index (χ1) is 10.8. The van der Waals surface area contributed by atoms with Crippen molar-refractivity contribution < 1.29 is 27.5 Å². The van der Waals surface area contributed by atoms with Gasteiger partial charge < -0.3 is 15.2 Å². The standard InChI is InChI=1S/C14H18N2O6S/c1-21-13(17)9-3-4-11(14(18)22-2)12(7-9)23(19,20)16-6-5-10(15)8-16/h3-4,7,10H,5-6,8,15H2,1-2H3/t10-/m1/s1. The number of carbonyl (C=O) groups is 2. The van der Waals surface area contributed by atoms with Crippen molar-refractivity contribution in [2.75, 3.05) is 27.3 Å². The van der Waals surface area contributed by atoms with Crippen LogP contribution in [0.15, 0.2) is 23.1 Å². The molecule has 1 heterocycles. The van der Waals surface area contributed by atoms with Crippen molar-refractivity contribution in [1.82, 2.24) is 4.31 Å². The molecule has 1 aromatic rings. The van der Waals surface area contributed by atoms with E-state index in [1.54, 1.807) is 0 Å². The van der Waals surface area contributed by atoms with Crippen LogP contribution in [0.2, 0.25) is 0 Å². The van der Waals surface area contributed by atoms with Crippen molar-refractivity contribution in [3.8, 4) is 0 Å². The highest BCUT2D eigenvalue weighted by molar-refractivity contribution is 7.89. The molecule has 0 aromatic heterocycles. The molecule has 0 unspecified atom stereocenters. The Kier molecular flexibility index (Phi) is 5.03. The lowest BCUT2D eigenvalue weighted by molar-refractivity contribution is 0.0583. The average molecular weight is 342 g/mol. The monoisotopic (exact) mass is 342 g/mol. The molecule has 1 aliphatic rings. The van der Waals surface area contributed by atoms with Gasteiger partial charge in [0.15, 0.2) is 0 Å². The van der Waals surface area contributed by atoms with E-state index in [1.807, 2.05) is 0 Å². The number of hydrogen-bond donors (Lipinski definition) is 1. The molecule has 0 spiro atoms. The lowest BCUT2D eigenvalue weighted by Crippen LogP contribution is -2.33. The van der Waals surface area contributed by atoms with Crippen molar-refractivity contribution in [2.24, 2.45) is 5.73 Å². The summed E-state index contributed by atoms with van der Waals surface area (Å²) in [5.41, 5.74) is 5.64. The summed E-state index contributed by atoms with van der Waals surface area (Å²) in [7, 11) is -1.64. The molecule has 0 radical (unpaired) electrons. The summed E-state index contributed by atoms with van der Waals surface area (Å²) < 4.78 is 36.0. The van der Waals surface area contributed by atoms with Gasteiger partial charge in [0.25, 0.3) is 0 Å². The molecule has 0 aliphatic carbocycles. The summed E-state index contributed by atoms with van der Waals surface area (Å²) in [5.74, 6) is -1.50. The van der Waals surface area contributed by atoms with E-state index in [-0.39, 0.29) is 35.2 Å². The third kappa shape index (κ3) is 3.36. The Morgan fingerprint density at radius 2 is 1.87 bits per heavy atom. The zero-order chi connectivity index (χ0) is 17.2. The summed E-state index contributed by atoms with van der Waals surface area (Å²) >= 11 is 0. The summed E-state index contributed by atoms with van der Waals surface area (Å²) in [6.07, 6.45) is 0.531. The average Bonchev–Trinajstić information content (AvgIpc) is 3.00. The van der Waals surface area contributed by atoms with Crippen LogP contribution < -0.4 is 5.73 Å². The summed E-state index contributed by atoms with van der Waals surface area (Å²) in [4.78, 5) is 23.2. The zero-order valence-electron chi connectivity index (χ0n) is 12.8. The van der Waals surface area contributed by atoms with Crippen LogP contribution in [0, 0.1) is 0 Å². The first-order valence-electron chi connectivity index (χ1n) is 6.87. The smallest absolute Gasteiger partial charge is 0.339 e. The van der Waals surface area contributed by atoms with Gasteiger partial charge in [-0.2, -0.15) is 4.31 Å². The number of hydrogen-bond acceptors (Lipinski definition) is 7. The molecule has 126 valence electrons. The number of carbonyl (C=O) groups excluding carboxylic acids is 2. The number of esters is 2. The number of ether oxygens (including phenoxy) is 2. The summed E-state index contributed by atoms with van der Waals surface area (Å²) in [5, 5.41) is 0. The van der Waals surface area contributed by atoms with E-state index in [9.17, 15) is 18.0 Å². The van der Waals surface area contributed by atoms with E-state index in [0.29, 0.717) is 6.42 Å². The van der Waals surface area contributed by atoms with Gasteiger partial charge in [0.2, 0.25) is 10.0 Å². The molecule has 1 saturated heterocycles. The Labute approximate surface area is 134 Å². The normalized spacial score (nSPS) is 18.7. The van der Waals surface area contributed by atoms with E-state index in [2.05, 4.69) is 9.47 Å². The number of rotatable bonds is 4. The van der Waals surface area contributed by atoms with Crippen molar-refractivity contribution >= 4 is 22.0 Å². The van der Waals surface area contributed by atoms with Gasteiger partial charge in [0, 0.05) is 19.1 Å². The van der Waals surface area contributed by atoms with Crippen molar-refractivity contribution in [3.05, 3.63) is 29.3 Å². The van der Waals surface area contributed by atoms with Gasteiger partial charge in [-0.25, -0.2) is 18.0 Å². The van der Waals surface area contributed by atoms with Crippen LogP contribution >= 0.6 is 0 Å². The number of nitrogens with two attached hydrogens (primary N) is 1. The molecule has 23 heavy (non-hydrogen) atoms. The second-order valence-electron chi connectivity index (χ2n) is 5.11. The van der Waals surface area contributed by atoms with Crippen LogP contribution in [-0.4, -0.2) is 58.0 Å². The quantitative estimate of drug-likeness (QED) is 0.764. The fraction of sp³-hybridized carbons (Fsp3) is 0.429. The van der Waals surface area contributed by atoms with E-state index in [1.165, 1.54) is 23.5 Å². The molecule has 1 aromatic carbocycles. The second-order valence-corrected chi connectivity index (χ2v) is 7.01. The van der Waals surface area contributed by atoms with E-state index >= 15 is 0 Å². The zero-order valence-corrected chi connectivity index (χ0v) is 13.6. The van der Waals surface area contributed by atoms with E-state index in [4.69, 9.17) is 5.73 Å². The maximum absolute atomic E-state index is 12.8. The molecule has 1 aliphatic heterocycles. The third-order valence-corrected chi connectivity index (χ3v) is 5.52. The van der Waals surface area contributed by atoms with E-state index < -0.39 is 22.0 Å². The number of benzene rings is 1. The van der Waals surface area contributed by atoms with Gasteiger partial charge in [0.05, 0.1) is 30.2 Å². The Balaban J connectivity index is 2.56. The minimum absolute atomic E-state index is 0.0298. The highest BCUT2D eigenvalue weighted by atomic mass is 32.2. The van der Waals surface area contributed by atoms with Gasteiger partial charge in [-0.1, -0.05) is 0 Å². The van der Waals surface area contributed by atoms with E-state index in [0.717, 1.165) is 13.2 Å². The number of sulfonamides is 1. The number of nitrogens with zero attached hydrogens (tertiary/aromatic N) is 1. The molecule has 0 amide bonds. The van der Waals surface area contributed by atoms with Gasteiger partial charge in [-0.3, -0.25) is 0 Å². The Morgan fingerprint density at radius 3 is 2.39 bits per heavy atom. The molecular weight excluding hydrogens is 324 g/mol.